The number of carboxylic acids is 2. The predicted octanol–water partition coefficient (Wildman–Crippen LogP) is 2.35. The lowest BCUT2D eigenvalue weighted by Crippen LogP contribution is -2.44. The highest BCUT2D eigenvalue weighted by atomic mass is 32.1. The van der Waals surface area contributed by atoms with Crippen molar-refractivity contribution in [1.82, 2.24) is 10.3 Å². The van der Waals surface area contributed by atoms with E-state index in [0.717, 1.165) is 23.5 Å². The van der Waals surface area contributed by atoms with Crippen LogP contribution in [-0.2, 0) is 19.2 Å². The maximum Gasteiger partial charge on any atom is 0.573 e. The van der Waals surface area contributed by atoms with Crippen LogP contribution in [0.4, 0.5) is 18.3 Å². The molecule has 0 bridgehead atoms. The van der Waals surface area contributed by atoms with Crippen molar-refractivity contribution in [2.24, 2.45) is 0 Å². The number of fused-ring (bicyclic) bond motifs is 1. The molecule has 0 aliphatic rings. The SMILES string of the molecule is O=C(O)CCC(=O)N[C@@H](CCC(=O)O)C(=O)Nc1nc2ccc(OC(F)(F)F)cc2s1. The summed E-state index contributed by atoms with van der Waals surface area (Å²) in [6, 6.07) is 2.12. The Morgan fingerprint density at radius 1 is 1.10 bits per heavy atom. The Bertz CT molecular complexity index is 993. The summed E-state index contributed by atoms with van der Waals surface area (Å²) in [5, 5.41) is 22.1. The molecule has 2 rings (SSSR count). The molecule has 10 nitrogen and oxygen atoms in total. The van der Waals surface area contributed by atoms with Crippen LogP contribution in [0.2, 0.25) is 0 Å². The van der Waals surface area contributed by atoms with E-state index in [1.807, 2.05) is 0 Å². The monoisotopic (exact) mass is 463 g/mol. The van der Waals surface area contributed by atoms with Crippen LogP contribution < -0.4 is 15.4 Å². The molecule has 1 aromatic heterocycles. The first kappa shape index (κ1) is 23.9. The molecule has 1 aromatic carbocycles. The Kier molecular flexibility index (Phi) is 7.74. The van der Waals surface area contributed by atoms with E-state index in [1.165, 1.54) is 6.07 Å². The second kappa shape index (κ2) is 10.1. The van der Waals surface area contributed by atoms with Crippen LogP contribution in [-0.4, -0.2) is 51.4 Å². The van der Waals surface area contributed by atoms with E-state index in [1.54, 1.807) is 0 Å². The van der Waals surface area contributed by atoms with E-state index >= 15 is 0 Å². The number of aromatic nitrogens is 1. The average molecular weight is 463 g/mol. The largest absolute Gasteiger partial charge is 0.573 e. The minimum Gasteiger partial charge on any atom is -0.481 e. The Hall–Kier alpha value is -3.42. The van der Waals surface area contributed by atoms with Crippen molar-refractivity contribution in [2.75, 3.05) is 5.32 Å². The highest BCUT2D eigenvalue weighted by molar-refractivity contribution is 7.22. The molecular formula is C17H16F3N3O7S. The van der Waals surface area contributed by atoms with E-state index in [-0.39, 0.29) is 21.8 Å². The maximum absolute atomic E-state index is 12.5. The molecule has 1 heterocycles. The lowest BCUT2D eigenvalue weighted by Gasteiger charge is -2.16. The van der Waals surface area contributed by atoms with E-state index < -0.39 is 61.2 Å². The smallest absolute Gasteiger partial charge is 0.481 e. The normalized spacial score (nSPS) is 12.2. The molecule has 2 amide bonds. The van der Waals surface area contributed by atoms with Gasteiger partial charge in [0.05, 0.1) is 16.6 Å². The van der Waals surface area contributed by atoms with Gasteiger partial charge in [-0.3, -0.25) is 19.2 Å². The van der Waals surface area contributed by atoms with Gasteiger partial charge in [-0.05, 0) is 18.6 Å². The lowest BCUT2D eigenvalue weighted by molar-refractivity contribution is -0.274. The van der Waals surface area contributed by atoms with Crippen molar-refractivity contribution in [3.8, 4) is 5.75 Å². The highest BCUT2D eigenvalue weighted by Crippen LogP contribution is 2.31. The molecule has 0 fully saturated rings. The van der Waals surface area contributed by atoms with Crippen molar-refractivity contribution in [1.29, 1.82) is 0 Å². The quantitative estimate of drug-likeness (QED) is 0.419. The molecule has 0 unspecified atom stereocenters. The van der Waals surface area contributed by atoms with Crippen LogP contribution in [0.5, 0.6) is 5.75 Å². The number of carbonyl (C=O) groups excluding carboxylic acids is 2. The van der Waals surface area contributed by atoms with E-state index in [9.17, 15) is 32.3 Å². The van der Waals surface area contributed by atoms with Gasteiger partial charge in [0.1, 0.15) is 11.8 Å². The minimum absolute atomic E-state index is 0.00395. The van der Waals surface area contributed by atoms with Crippen LogP contribution in [0, 0.1) is 0 Å². The third-order valence-corrected chi connectivity index (χ3v) is 4.62. The average Bonchev–Trinajstić information content (AvgIpc) is 3.03. The lowest BCUT2D eigenvalue weighted by atomic mass is 10.1. The van der Waals surface area contributed by atoms with E-state index in [2.05, 4.69) is 20.4 Å². The number of benzene rings is 1. The first-order valence-electron chi connectivity index (χ1n) is 8.63. The Labute approximate surface area is 176 Å². The predicted molar refractivity (Wildman–Crippen MR) is 101 cm³/mol. The van der Waals surface area contributed by atoms with Crippen molar-refractivity contribution < 1.29 is 47.3 Å². The third-order valence-electron chi connectivity index (χ3n) is 3.69. The van der Waals surface area contributed by atoms with Gasteiger partial charge < -0.3 is 25.6 Å². The molecule has 0 aliphatic carbocycles. The van der Waals surface area contributed by atoms with Gasteiger partial charge in [0.2, 0.25) is 11.8 Å². The van der Waals surface area contributed by atoms with Crippen molar-refractivity contribution >= 4 is 50.4 Å². The van der Waals surface area contributed by atoms with Gasteiger partial charge in [-0.25, -0.2) is 4.98 Å². The van der Waals surface area contributed by atoms with Gasteiger partial charge in [0.25, 0.3) is 0 Å². The molecule has 168 valence electrons. The second-order valence-corrected chi connectivity index (χ2v) is 7.16. The van der Waals surface area contributed by atoms with Gasteiger partial charge in [-0.2, -0.15) is 0 Å². The molecule has 4 N–H and O–H groups in total. The summed E-state index contributed by atoms with van der Waals surface area (Å²) in [5.74, 6) is -4.46. The summed E-state index contributed by atoms with van der Waals surface area (Å²) in [4.78, 5) is 49.7. The van der Waals surface area contributed by atoms with Crippen LogP contribution in [0.25, 0.3) is 10.2 Å². The van der Waals surface area contributed by atoms with Crippen molar-refractivity contribution in [3.63, 3.8) is 0 Å². The minimum atomic E-state index is -4.87. The summed E-state index contributed by atoms with van der Waals surface area (Å²) in [5.41, 5.74) is 0.280. The van der Waals surface area contributed by atoms with E-state index in [0.29, 0.717) is 0 Å². The number of anilines is 1. The summed E-state index contributed by atoms with van der Waals surface area (Å²) in [6.45, 7) is 0. The molecule has 0 saturated heterocycles. The molecule has 0 radical (unpaired) electrons. The molecule has 14 heteroatoms. The van der Waals surface area contributed by atoms with Crippen LogP contribution in [0.1, 0.15) is 25.7 Å². The summed E-state index contributed by atoms with van der Waals surface area (Å²) >= 11 is 0.843. The molecule has 0 spiro atoms. The number of aliphatic carboxylic acids is 2. The molecule has 0 saturated carbocycles. The maximum atomic E-state index is 12.5. The van der Waals surface area contributed by atoms with Gasteiger partial charge in [-0.1, -0.05) is 11.3 Å². The zero-order chi connectivity index (χ0) is 23.2. The topological polar surface area (TPSA) is 155 Å². The number of carboxylic acid groups (broad SMARTS) is 2. The molecule has 31 heavy (non-hydrogen) atoms. The van der Waals surface area contributed by atoms with Crippen molar-refractivity contribution in [2.45, 2.75) is 38.1 Å². The number of halogens is 3. The van der Waals surface area contributed by atoms with Crippen LogP contribution in [0.3, 0.4) is 0 Å². The van der Waals surface area contributed by atoms with E-state index in [4.69, 9.17) is 10.2 Å². The Morgan fingerprint density at radius 3 is 2.39 bits per heavy atom. The van der Waals surface area contributed by atoms with Crippen LogP contribution in [0.15, 0.2) is 18.2 Å². The number of thiazole rings is 1. The fourth-order valence-corrected chi connectivity index (χ4v) is 3.27. The summed E-state index contributed by atoms with van der Waals surface area (Å²) < 4.78 is 41.1. The number of ether oxygens (including phenoxy) is 1. The summed E-state index contributed by atoms with van der Waals surface area (Å²) in [7, 11) is 0. The Morgan fingerprint density at radius 2 is 1.77 bits per heavy atom. The molecular weight excluding hydrogens is 447 g/mol. The Balaban J connectivity index is 2.11. The number of hydrogen-bond donors (Lipinski definition) is 4. The molecule has 1 atom stereocenters. The first-order chi connectivity index (χ1) is 14.4. The zero-order valence-electron chi connectivity index (χ0n) is 15.6. The number of alkyl halides is 3. The van der Waals surface area contributed by atoms with Gasteiger partial charge in [0, 0.05) is 18.9 Å². The standard InChI is InChI=1S/C17H16F3N3O7S/c18-17(19,20)30-8-1-2-9-11(7-8)31-16(22-9)23-15(29)10(3-5-13(25)26)21-12(24)4-6-14(27)28/h1-2,7,10H,3-6H2,(H,21,24)(H,25,26)(H,27,28)(H,22,23,29)/t10-/m0/s1. The fraction of sp³-hybridized carbons (Fsp3) is 0.353. The van der Waals surface area contributed by atoms with Crippen LogP contribution >= 0.6 is 11.3 Å². The summed E-state index contributed by atoms with van der Waals surface area (Å²) in [6.07, 6.45) is -6.47. The number of nitrogens with one attached hydrogen (secondary N) is 2. The molecule has 0 aliphatic heterocycles. The van der Waals surface area contributed by atoms with Gasteiger partial charge in [-0.15, -0.1) is 13.2 Å². The zero-order valence-corrected chi connectivity index (χ0v) is 16.4. The number of carbonyl (C=O) groups is 4. The first-order valence-corrected chi connectivity index (χ1v) is 9.45. The fourth-order valence-electron chi connectivity index (χ4n) is 2.37. The second-order valence-electron chi connectivity index (χ2n) is 6.13. The highest BCUT2D eigenvalue weighted by Gasteiger charge is 2.31. The van der Waals surface area contributed by atoms with Crippen molar-refractivity contribution in [3.05, 3.63) is 18.2 Å². The third kappa shape index (κ3) is 8.08. The number of amides is 2. The number of hydrogen-bond acceptors (Lipinski definition) is 7. The van der Waals surface area contributed by atoms with Gasteiger partial charge in [0.15, 0.2) is 5.13 Å². The number of nitrogens with zero attached hydrogens (tertiary/aromatic N) is 1. The number of rotatable bonds is 10. The van der Waals surface area contributed by atoms with Gasteiger partial charge >= 0.3 is 18.3 Å². The molecule has 2 aromatic rings.